The van der Waals surface area contributed by atoms with Crippen molar-refractivity contribution in [1.82, 2.24) is 5.32 Å². The molecule has 0 amide bonds. The number of hydrogen-bond donors (Lipinski definition) is 2. The summed E-state index contributed by atoms with van der Waals surface area (Å²) in [5.41, 5.74) is 0.487. The van der Waals surface area contributed by atoms with E-state index in [0.29, 0.717) is 12.0 Å². The van der Waals surface area contributed by atoms with Crippen LogP contribution in [0.25, 0.3) is 0 Å². The van der Waals surface area contributed by atoms with Crippen LogP contribution >= 0.6 is 0 Å². The normalized spacial score (nSPS) is 27.2. The molecule has 0 spiro atoms. The molecule has 1 aromatic rings. The molecular formula is C19H29NO. The molecule has 116 valence electrons. The summed E-state index contributed by atoms with van der Waals surface area (Å²) in [4.78, 5) is 0. The van der Waals surface area contributed by atoms with Gasteiger partial charge in [-0.3, -0.25) is 0 Å². The Morgan fingerprint density at radius 3 is 2.33 bits per heavy atom. The van der Waals surface area contributed by atoms with Crippen molar-refractivity contribution in [1.29, 1.82) is 0 Å². The van der Waals surface area contributed by atoms with E-state index in [9.17, 15) is 5.11 Å². The quantitative estimate of drug-likeness (QED) is 0.877. The highest BCUT2D eigenvalue weighted by molar-refractivity contribution is 5.24. The summed E-state index contributed by atoms with van der Waals surface area (Å²) in [7, 11) is 0. The fourth-order valence-electron chi connectivity index (χ4n) is 4.30. The molecule has 2 N–H and O–H groups in total. The summed E-state index contributed by atoms with van der Waals surface area (Å²) < 4.78 is 0. The molecule has 1 aliphatic carbocycles. The van der Waals surface area contributed by atoms with E-state index < -0.39 is 5.60 Å². The smallest absolute Gasteiger partial charge is 0.0939 e. The van der Waals surface area contributed by atoms with Crippen LogP contribution in [0.1, 0.15) is 63.4 Å². The maximum atomic E-state index is 11.6. The van der Waals surface area contributed by atoms with Gasteiger partial charge < -0.3 is 10.4 Å². The number of aliphatic hydroxyl groups is 1. The zero-order valence-electron chi connectivity index (χ0n) is 13.1. The van der Waals surface area contributed by atoms with Crippen LogP contribution in [-0.4, -0.2) is 17.7 Å². The summed E-state index contributed by atoms with van der Waals surface area (Å²) in [6, 6.07) is 10.9. The van der Waals surface area contributed by atoms with Crippen LogP contribution in [0.3, 0.4) is 0 Å². The van der Waals surface area contributed by atoms with Crippen molar-refractivity contribution in [3.8, 4) is 0 Å². The van der Waals surface area contributed by atoms with Crippen molar-refractivity contribution >= 4 is 0 Å². The van der Waals surface area contributed by atoms with Gasteiger partial charge in [0.05, 0.1) is 5.60 Å². The van der Waals surface area contributed by atoms with Crippen molar-refractivity contribution < 1.29 is 5.11 Å². The fourth-order valence-corrected chi connectivity index (χ4v) is 4.30. The lowest BCUT2D eigenvalue weighted by atomic mass is 9.70. The Kier molecular flexibility index (Phi) is 4.97. The number of benzene rings is 1. The zero-order valence-corrected chi connectivity index (χ0v) is 13.1. The molecule has 0 aromatic heterocycles. The molecule has 1 aromatic carbocycles. The van der Waals surface area contributed by atoms with Gasteiger partial charge in [-0.25, -0.2) is 0 Å². The Morgan fingerprint density at radius 1 is 0.952 bits per heavy atom. The maximum absolute atomic E-state index is 11.6. The molecule has 1 saturated heterocycles. The molecule has 2 fully saturated rings. The molecule has 2 heteroatoms. The van der Waals surface area contributed by atoms with Gasteiger partial charge in [0.15, 0.2) is 0 Å². The Bertz CT molecular complexity index is 420. The zero-order chi connectivity index (χ0) is 14.5. The monoisotopic (exact) mass is 287 g/mol. The molecule has 1 aliphatic heterocycles. The minimum absolute atomic E-state index is 0.428. The minimum Gasteiger partial charge on any atom is -0.385 e. The first-order chi connectivity index (χ1) is 10.3. The molecule has 0 bridgehead atoms. The van der Waals surface area contributed by atoms with Gasteiger partial charge in [0.25, 0.3) is 0 Å². The highest BCUT2D eigenvalue weighted by Crippen LogP contribution is 2.43. The van der Waals surface area contributed by atoms with Crippen LogP contribution in [0, 0.1) is 5.92 Å². The Hall–Kier alpha value is -0.860. The predicted octanol–water partition coefficient (Wildman–Crippen LogP) is 3.99. The van der Waals surface area contributed by atoms with Gasteiger partial charge in [-0.1, -0.05) is 56.0 Å². The van der Waals surface area contributed by atoms with E-state index in [1.54, 1.807) is 0 Å². The number of nitrogens with one attached hydrogen (secondary N) is 1. The minimum atomic E-state index is -0.642. The van der Waals surface area contributed by atoms with E-state index in [2.05, 4.69) is 29.6 Å². The van der Waals surface area contributed by atoms with Gasteiger partial charge in [0.1, 0.15) is 0 Å². The predicted molar refractivity (Wildman–Crippen MR) is 87.2 cm³/mol. The second-order valence-corrected chi connectivity index (χ2v) is 6.98. The third kappa shape index (κ3) is 3.49. The van der Waals surface area contributed by atoms with Gasteiger partial charge in [0.2, 0.25) is 0 Å². The van der Waals surface area contributed by atoms with Gasteiger partial charge >= 0.3 is 0 Å². The number of hydrogen-bond acceptors (Lipinski definition) is 2. The van der Waals surface area contributed by atoms with E-state index >= 15 is 0 Å². The van der Waals surface area contributed by atoms with Crippen LogP contribution in [0.4, 0.5) is 0 Å². The molecule has 3 rings (SSSR count). The van der Waals surface area contributed by atoms with Gasteiger partial charge in [-0.15, -0.1) is 0 Å². The topological polar surface area (TPSA) is 32.3 Å². The summed E-state index contributed by atoms with van der Waals surface area (Å²) in [6.07, 6.45) is 10.9. The molecule has 21 heavy (non-hydrogen) atoms. The van der Waals surface area contributed by atoms with Crippen molar-refractivity contribution in [2.24, 2.45) is 5.92 Å². The van der Waals surface area contributed by atoms with E-state index in [-0.39, 0.29) is 0 Å². The highest BCUT2D eigenvalue weighted by atomic mass is 16.3. The van der Waals surface area contributed by atoms with Crippen molar-refractivity contribution in [3.05, 3.63) is 35.9 Å². The second-order valence-electron chi connectivity index (χ2n) is 6.98. The lowest BCUT2D eigenvalue weighted by Gasteiger charge is -2.42. The Labute approximate surface area is 129 Å². The second kappa shape index (κ2) is 6.93. The molecule has 1 saturated carbocycles. The lowest BCUT2D eigenvalue weighted by Crippen LogP contribution is -2.45. The molecule has 1 heterocycles. The van der Waals surface area contributed by atoms with Gasteiger partial charge in [-0.05, 0) is 50.1 Å². The SMILES string of the molecule is O[C@@](C[C@H]1CCCCN1)(c1ccccc1)C1CCCCC1. The first-order valence-electron chi connectivity index (χ1n) is 8.80. The van der Waals surface area contributed by atoms with Crippen LogP contribution in [0.2, 0.25) is 0 Å². The van der Waals surface area contributed by atoms with E-state index in [1.165, 1.54) is 51.4 Å². The van der Waals surface area contributed by atoms with Crippen LogP contribution in [0.15, 0.2) is 30.3 Å². The average Bonchev–Trinajstić information content (AvgIpc) is 2.57. The van der Waals surface area contributed by atoms with Gasteiger partial charge in [-0.2, -0.15) is 0 Å². The maximum Gasteiger partial charge on any atom is 0.0939 e. The largest absolute Gasteiger partial charge is 0.385 e. The molecule has 2 nitrogen and oxygen atoms in total. The average molecular weight is 287 g/mol. The van der Waals surface area contributed by atoms with E-state index in [0.717, 1.165) is 18.5 Å². The lowest BCUT2D eigenvalue weighted by molar-refractivity contribution is -0.0551. The number of piperidine rings is 1. The van der Waals surface area contributed by atoms with Crippen molar-refractivity contribution in [2.75, 3.05) is 6.54 Å². The van der Waals surface area contributed by atoms with Crippen molar-refractivity contribution in [2.45, 2.75) is 69.4 Å². The van der Waals surface area contributed by atoms with Gasteiger partial charge in [0, 0.05) is 6.04 Å². The standard InChI is InChI=1S/C19H29NO/c21-19(16-9-3-1-4-10-16,17-11-5-2-6-12-17)15-18-13-7-8-14-20-18/h1,3-4,9-10,17-18,20-21H,2,5-8,11-15H2/t18-,19+/m1/s1. The van der Waals surface area contributed by atoms with E-state index in [1.807, 2.05) is 6.07 Å². The Balaban J connectivity index is 1.82. The van der Waals surface area contributed by atoms with E-state index in [4.69, 9.17) is 0 Å². The summed E-state index contributed by atoms with van der Waals surface area (Å²) >= 11 is 0. The summed E-state index contributed by atoms with van der Waals surface area (Å²) in [6.45, 7) is 1.11. The summed E-state index contributed by atoms with van der Waals surface area (Å²) in [5.74, 6) is 0.428. The van der Waals surface area contributed by atoms with Crippen LogP contribution < -0.4 is 5.32 Å². The first kappa shape index (κ1) is 15.1. The Morgan fingerprint density at radius 2 is 1.67 bits per heavy atom. The molecule has 2 atom stereocenters. The molecular weight excluding hydrogens is 258 g/mol. The molecule has 0 unspecified atom stereocenters. The molecule has 2 aliphatic rings. The van der Waals surface area contributed by atoms with Crippen LogP contribution in [-0.2, 0) is 5.60 Å². The fraction of sp³-hybridized carbons (Fsp3) is 0.684. The third-order valence-corrected chi connectivity index (χ3v) is 5.52. The number of rotatable bonds is 4. The summed E-state index contributed by atoms with van der Waals surface area (Å²) in [5, 5.41) is 15.2. The molecule has 0 radical (unpaired) electrons. The third-order valence-electron chi connectivity index (χ3n) is 5.52. The first-order valence-corrected chi connectivity index (χ1v) is 8.80. The van der Waals surface area contributed by atoms with Crippen molar-refractivity contribution in [3.63, 3.8) is 0 Å². The highest BCUT2D eigenvalue weighted by Gasteiger charge is 2.40. The van der Waals surface area contributed by atoms with Crippen LogP contribution in [0.5, 0.6) is 0 Å².